The minimum absolute atomic E-state index is 0.0331. The van der Waals surface area contributed by atoms with Crippen LogP contribution in [0.2, 0.25) is 0 Å². The lowest BCUT2D eigenvalue weighted by Crippen LogP contribution is -2.28. The highest BCUT2D eigenvalue weighted by molar-refractivity contribution is 7.92. The Morgan fingerprint density at radius 3 is 2.32 bits per heavy atom. The standard InChI is InChI=1S/C26H37FN2O4S/c1-17(2)12-13-33-24-15-21(26(4,5)6)10-8-20(24)16-28-25(30)18(3)19-9-11-23(22(27)14-19)29-34(7,31)32/h8-11,14-15,17-18,29H,12-13,16H2,1-7H3,(H,28,30). The molecular weight excluding hydrogens is 455 g/mol. The quantitative estimate of drug-likeness (QED) is 0.469. The molecule has 0 radical (unpaired) electrons. The summed E-state index contributed by atoms with van der Waals surface area (Å²) >= 11 is 0. The molecule has 0 fully saturated rings. The van der Waals surface area contributed by atoms with Crippen molar-refractivity contribution in [3.63, 3.8) is 0 Å². The molecule has 0 bridgehead atoms. The minimum atomic E-state index is -3.60. The van der Waals surface area contributed by atoms with Gasteiger partial charge in [-0.05, 0) is 54.0 Å². The third kappa shape index (κ3) is 8.31. The van der Waals surface area contributed by atoms with Crippen molar-refractivity contribution in [2.24, 2.45) is 5.92 Å². The SMILES string of the molecule is CC(C)CCOc1cc(C(C)(C)C)ccc1CNC(=O)C(C)c1ccc(NS(C)(=O)=O)c(F)c1. The molecule has 1 atom stereocenters. The van der Waals surface area contributed by atoms with Crippen molar-refractivity contribution in [1.82, 2.24) is 5.32 Å². The van der Waals surface area contributed by atoms with Crippen LogP contribution < -0.4 is 14.8 Å². The zero-order valence-electron chi connectivity index (χ0n) is 21.2. The number of rotatable bonds is 10. The highest BCUT2D eigenvalue weighted by Crippen LogP contribution is 2.29. The van der Waals surface area contributed by atoms with Crippen LogP contribution in [-0.4, -0.2) is 27.2 Å². The van der Waals surface area contributed by atoms with Crippen LogP contribution in [0.25, 0.3) is 0 Å². The van der Waals surface area contributed by atoms with Crippen LogP contribution in [0.15, 0.2) is 36.4 Å². The first kappa shape index (κ1) is 27.6. The molecule has 0 aromatic heterocycles. The van der Waals surface area contributed by atoms with Crippen molar-refractivity contribution >= 4 is 21.6 Å². The molecule has 6 nitrogen and oxygen atoms in total. The topological polar surface area (TPSA) is 84.5 Å². The number of carbonyl (C=O) groups is 1. The Morgan fingerprint density at radius 1 is 1.09 bits per heavy atom. The maximum Gasteiger partial charge on any atom is 0.229 e. The van der Waals surface area contributed by atoms with Gasteiger partial charge in [-0.15, -0.1) is 0 Å². The summed E-state index contributed by atoms with van der Waals surface area (Å²) in [4.78, 5) is 12.8. The average Bonchev–Trinajstić information content (AvgIpc) is 2.71. The van der Waals surface area contributed by atoms with Gasteiger partial charge in [0.2, 0.25) is 15.9 Å². The third-order valence-electron chi connectivity index (χ3n) is 5.52. The van der Waals surface area contributed by atoms with Crippen molar-refractivity contribution in [1.29, 1.82) is 0 Å². The summed E-state index contributed by atoms with van der Waals surface area (Å²) < 4.78 is 45.2. The minimum Gasteiger partial charge on any atom is -0.493 e. The molecule has 2 rings (SSSR count). The average molecular weight is 493 g/mol. The van der Waals surface area contributed by atoms with Gasteiger partial charge in [-0.1, -0.05) is 52.8 Å². The monoisotopic (exact) mass is 492 g/mol. The second kappa shape index (κ2) is 11.2. The van der Waals surface area contributed by atoms with Crippen molar-refractivity contribution in [3.05, 3.63) is 58.9 Å². The Kier molecular flexibility index (Phi) is 9.11. The number of anilines is 1. The fourth-order valence-corrected chi connectivity index (χ4v) is 3.84. The van der Waals surface area contributed by atoms with Crippen molar-refractivity contribution in [3.8, 4) is 5.75 Å². The first-order valence-electron chi connectivity index (χ1n) is 11.5. The van der Waals surface area contributed by atoms with Gasteiger partial charge in [0, 0.05) is 12.1 Å². The van der Waals surface area contributed by atoms with Crippen LogP contribution in [0.1, 0.15) is 70.6 Å². The molecule has 0 spiro atoms. The summed E-state index contributed by atoms with van der Waals surface area (Å²) in [6, 6.07) is 10.1. The van der Waals surface area contributed by atoms with Gasteiger partial charge in [0.05, 0.1) is 24.5 Å². The van der Waals surface area contributed by atoms with Gasteiger partial charge in [0.1, 0.15) is 11.6 Å². The Morgan fingerprint density at radius 2 is 1.76 bits per heavy atom. The maximum atomic E-state index is 14.3. The van der Waals surface area contributed by atoms with Gasteiger partial charge in [-0.3, -0.25) is 9.52 Å². The normalized spacial score (nSPS) is 13.0. The summed E-state index contributed by atoms with van der Waals surface area (Å²) in [7, 11) is -3.60. The fraction of sp³-hybridized carbons (Fsp3) is 0.500. The highest BCUT2D eigenvalue weighted by Gasteiger charge is 2.20. The van der Waals surface area contributed by atoms with Crippen LogP contribution in [0.4, 0.5) is 10.1 Å². The van der Waals surface area contributed by atoms with Crippen molar-refractivity contribution in [2.45, 2.75) is 65.8 Å². The molecule has 0 aliphatic carbocycles. The van der Waals surface area contributed by atoms with Gasteiger partial charge in [-0.2, -0.15) is 0 Å². The van der Waals surface area contributed by atoms with Crippen LogP contribution in [0.5, 0.6) is 5.75 Å². The predicted molar refractivity (Wildman–Crippen MR) is 135 cm³/mol. The lowest BCUT2D eigenvalue weighted by molar-refractivity contribution is -0.122. The summed E-state index contributed by atoms with van der Waals surface area (Å²) in [5.41, 5.74) is 2.28. The van der Waals surface area contributed by atoms with Gasteiger partial charge in [0.25, 0.3) is 0 Å². The van der Waals surface area contributed by atoms with E-state index in [9.17, 15) is 17.6 Å². The number of sulfonamides is 1. The van der Waals surface area contributed by atoms with E-state index in [1.54, 1.807) is 13.0 Å². The van der Waals surface area contributed by atoms with Crippen LogP contribution in [0, 0.1) is 11.7 Å². The molecule has 0 heterocycles. The largest absolute Gasteiger partial charge is 0.493 e. The Hall–Kier alpha value is -2.61. The lowest BCUT2D eigenvalue weighted by Gasteiger charge is -2.22. The fourth-order valence-electron chi connectivity index (χ4n) is 3.28. The summed E-state index contributed by atoms with van der Waals surface area (Å²) in [6.45, 7) is 13.2. The molecule has 34 heavy (non-hydrogen) atoms. The summed E-state index contributed by atoms with van der Waals surface area (Å²) in [5.74, 6) is -0.351. The Bertz CT molecular complexity index is 1110. The van der Waals surface area contributed by atoms with E-state index in [2.05, 4.69) is 44.7 Å². The molecule has 2 aromatic carbocycles. The lowest BCUT2D eigenvalue weighted by atomic mass is 9.86. The molecule has 2 aromatic rings. The van der Waals surface area contributed by atoms with E-state index in [0.717, 1.165) is 29.6 Å². The van der Waals surface area contributed by atoms with E-state index in [4.69, 9.17) is 4.74 Å². The first-order valence-corrected chi connectivity index (χ1v) is 13.4. The maximum absolute atomic E-state index is 14.3. The van der Waals surface area contributed by atoms with Crippen molar-refractivity contribution in [2.75, 3.05) is 17.6 Å². The number of ether oxygens (including phenoxy) is 1. The van der Waals surface area contributed by atoms with E-state index < -0.39 is 21.8 Å². The number of halogens is 1. The van der Waals surface area contributed by atoms with Crippen LogP contribution >= 0.6 is 0 Å². The summed E-state index contributed by atoms with van der Waals surface area (Å²) in [6.07, 6.45) is 1.88. The van der Waals surface area contributed by atoms with E-state index >= 15 is 0 Å². The van der Waals surface area contributed by atoms with E-state index in [0.29, 0.717) is 18.1 Å². The second-order valence-corrected chi connectivity index (χ2v) is 11.9. The molecule has 0 saturated heterocycles. The smallest absolute Gasteiger partial charge is 0.229 e. The number of hydrogen-bond acceptors (Lipinski definition) is 4. The second-order valence-electron chi connectivity index (χ2n) is 10.2. The predicted octanol–water partition coefficient (Wildman–Crippen LogP) is 5.34. The van der Waals surface area contributed by atoms with E-state index in [1.165, 1.54) is 12.1 Å². The molecule has 2 N–H and O–H groups in total. The molecule has 0 aliphatic heterocycles. The number of carbonyl (C=O) groups excluding carboxylic acids is 1. The number of benzene rings is 2. The van der Waals surface area contributed by atoms with Crippen LogP contribution in [-0.2, 0) is 26.8 Å². The third-order valence-corrected chi connectivity index (χ3v) is 6.11. The van der Waals surface area contributed by atoms with Gasteiger partial charge in [-0.25, -0.2) is 12.8 Å². The molecule has 1 unspecified atom stereocenters. The van der Waals surface area contributed by atoms with Gasteiger partial charge in [0.15, 0.2) is 0 Å². The zero-order chi connectivity index (χ0) is 25.7. The zero-order valence-corrected chi connectivity index (χ0v) is 22.0. The van der Waals surface area contributed by atoms with Crippen molar-refractivity contribution < 1.29 is 22.3 Å². The van der Waals surface area contributed by atoms with Crippen LogP contribution in [0.3, 0.4) is 0 Å². The first-order chi connectivity index (χ1) is 15.7. The molecule has 188 valence electrons. The number of amides is 1. The molecule has 8 heteroatoms. The van der Waals surface area contributed by atoms with Gasteiger partial charge < -0.3 is 10.1 Å². The molecular formula is C26H37FN2O4S. The van der Waals surface area contributed by atoms with Gasteiger partial charge >= 0.3 is 0 Å². The Labute approximate surface area is 203 Å². The molecule has 0 aliphatic rings. The number of nitrogens with one attached hydrogen (secondary N) is 2. The molecule has 0 saturated carbocycles. The molecule has 1 amide bonds. The van der Waals surface area contributed by atoms with E-state index in [1.807, 2.05) is 18.2 Å². The summed E-state index contributed by atoms with van der Waals surface area (Å²) in [5, 5.41) is 2.91. The van der Waals surface area contributed by atoms with E-state index in [-0.39, 0.29) is 23.6 Å². The Balaban J connectivity index is 2.14. The highest BCUT2D eigenvalue weighted by atomic mass is 32.2. The number of hydrogen-bond donors (Lipinski definition) is 2.